The number of rotatable bonds is 5. The van der Waals surface area contributed by atoms with Crippen molar-refractivity contribution in [2.75, 3.05) is 20.0 Å². The highest BCUT2D eigenvalue weighted by Gasteiger charge is 2.12. The Hall–Kier alpha value is -2.66. The number of ether oxygens (including phenoxy) is 2. The van der Waals surface area contributed by atoms with Gasteiger partial charge in [0.15, 0.2) is 0 Å². The first kappa shape index (κ1) is 17.7. The minimum Gasteiger partial charge on any atom is -0.497 e. The number of nitrogens with one attached hydrogen (secondary N) is 1. The monoisotopic (exact) mass is 345 g/mol. The molecule has 126 valence electrons. The van der Waals surface area contributed by atoms with Gasteiger partial charge in [0, 0.05) is 17.5 Å². The molecule has 0 amide bonds. The third-order valence-electron chi connectivity index (χ3n) is 3.73. The van der Waals surface area contributed by atoms with Crippen LogP contribution in [0.4, 0.5) is 5.82 Å². The number of aromatic amines is 1. The first-order chi connectivity index (χ1) is 11.2. The summed E-state index contributed by atoms with van der Waals surface area (Å²) in [6.45, 7) is 0. The lowest BCUT2D eigenvalue weighted by molar-refractivity contribution is 0.410. The zero-order valence-electron chi connectivity index (χ0n) is 13.6. The van der Waals surface area contributed by atoms with E-state index in [1.807, 2.05) is 48.5 Å². The normalized spacial score (nSPS) is 10.1. The third kappa shape index (κ3) is 3.63. The molecule has 1 aromatic heterocycles. The Morgan fingerprint density at radius 2 is 1.71 bits per heavy atom. The van der Waals surface area contributed by atoms with Crippen molar-refractivity contribution in [2.45, 2.75) is 6.42 Å². The smallest absolute Gasteiger partial charge is 0.145 e. The van der Waals surface area contributed by atoms with Crippen molar-refractivity contribution < 1.29 is 9.47 Å². The molecule has 2 aromatic carbocycles. The fraction of sp³-hybridized carbons (Fsp3) is 0.167. The van der Waals surface area contributed by atoms with E-state index in [0.717, 1.165) is 34.1 Å². The maximum absolute atomic E-state index is 6.07. The number of nitrogen functional groups attached to an aromatic ring is 1. The molecule has 0 radical (unpaired) electrons. The molecule has 0 fully saturated rings. The van der Waals surface area contributed by atoms with E-state index in [1.165, 1.54) is 0 Å². The summed E-state index contributed by atoms with van der Waals surface area (Å²) in [6.07, 6.45) is 0.638. The number of hydrogen-bond acceptors (Lipinski definition) is 4. The largest absolute Gasteiger partial charge is 0.497 e. The summed E-state index contributed by atoms with van der Waals surface area (Å²) in [5.74, 6) is 2.90. The fourth-order valence-corrected chi connectivity index (χ4v) is 2.48. The molecule has 24 heavy (non-hydrogen) atoms. The SMILES string of the molecule is COc1ccc(-c2nc(N)c(Cc3ccccc3OC)[nH]2)cc1.Cl. The van der Waals surface area contributed by atoms with Gasteiger partial charge in [0.05, 0.1) is 19.9 Å². The lowest BCUT2D eigenvalue weighted by atomic mass is 10.1. The van der Waals surface area contributed by atoms with Crippen LogP contribution in [-0.2, 0) is 6.42 Å². The molecule has 3 aromatic rings. The number of halogens is 1. The van der Waals surface area contributed by atoms with Crippen LogP contribution in [0.2, 0.25) is 0 Å². The highest BCUT2D eigenvalue weighted by molar-refractivity contribution is 5.85. The summed E-state index contributed by atoms with van der Waals surface area (Å²) in [6, 6.07) is 15.6. The number of H-pyrrole nitrogens is 1. The van der Waals surface area contributed by atoms with Crippen molar-refractivity contribution >= 4 is 18.2 Å². The Kier molecular flexibility index (Phi) is 5.71. The minimum atomic E-state index is 0. The Balaban J connectivity index is 0.00000208. The van der Waals surface area contributed by atoms with Crippen LogP contribution in [0.5, 0.6) is 11.5 Å². The molecule has 0 saturated carbocycles. The number of nitrogens with zero attached hydrogens (tertiary/aromatic N) is 1. The third-order valence-corrected chi connectivity index (χ3v) is 3.73. The molecule has 5 nitrogen and oxygen atoms in total. The highest BCUT2D eigenvalue weighted by Crippen LogP contribution is 2.26. The molecular weight excluding hydrogens is 326 g/mol. The lowest BCUT2D eigenvalue weighted by Gasteiger charge is -2.07. The predicted octanol–water partition coefficient (Wildman–Crippen LogP) is 3.69. The first-order valence-corrected chi connectivity index (χ1v) is 7.32. The van der Waals surface area contributed by atoms with Gasteiger partial charge in [-0.2, -0.15) is 0 Å². The van der Waals surface area contributed by atoms with E-state index in [2.05, 4.69) is 9.97 Å². The number of benzene rings is 2. The molecule has 3 rings (SSSR count). The number of para-hydroxylation sites is 1. The molecule has 6 heteroatoms. The zero-order chi connectivity index (χ0) is 16.2. The van der Waals surface area contributed by atoms with Crippen LogP contribution in [0.3, 0.4) is 0 Å². The molecule has 0 aliphatic rings. The van der Waals surface area contributed by atoms with Gasteiger partial charge < -0.3 is 20.2 Å². The van der Waals surface area contributed by atoms with Crippen LogP contribution in [0.1, 0.15) is 11.3 Å². The van der Waals surface area contributed by atoms with Gasteiger partial charge in [0.2, 0.25) is 0 Å². The summed E-state index contributed by atoms with van der Waals surface area (Å²) in [7, 11) is 3.31. The Morgan fingerprint density at radius 1 is 1.00 bits per heavy atom. The Bertz CT molecular complexity index is 800. The maximum Gasteiger partial charge on any atom is 0.145 e. The van der Waals surface area contributed by atoms with Crippen LogP contribution in [-0.4, -0.2) is 24.2 Å². The molecule has 1 heterocycles. The number of imidazole rings is 1. The molecular formula is C18H20ClN3O2. The average Bonchev–Trinajstić information content (AvgIpc) is 2.96. The standard InChI is InChI=1S/C18H19N3O2.ClH/c1-22-14-9-7-12(8-10-14)18-20-15(17(19)21-18)11-13-5-3-4-6-16(13)23-2;/h3-10H,11,19H2,1-2H3,(H,20,21);1H. The van der Waals surface area contributed by atoms with Crippen LogP contribution in [0.15, 0.2) is 48.5 Å². The van der Waals surface area contributed by atoms with Crippen molar-refractivity contribution in [3.8, 4) is 22.9 Å². The summed E-state index contributed by atoms with van der Waals surface area (Å²) < 4.78 is 10.6. The molecule has 0 atom stereocenters. The van der Waals surface area contributed by atoms with Crippen molar-refractivity contribution in [3.63, 3.8) is 0 Å². The van der Waals surface area contributed by atoms with E-state index in [9.17, 15) is 0 Å². The second-order valence-corrected chi connectivity index (χ2v) is 5.17. The van der Waals surface area contributed by atoms with Gasteiger partial charge in [-0.05, 0) is 30.3 Å². The van der Waals surface area contributed by atoms with Crippen molar-refractivity contribution in [3.05, 3.63) is 59.8 Å². The van der Waals surface area contributed by atoms with E-state index in [4.69, 9.17) is 15.2 Å². The summed E-state index contributed by atoms with van der Waals surface area (Å²) in [5, 5.41) is 0. The Morgan fingerprint density at radius 3 is 2.38 bits per heavy atom. The van der Waals surface area contributed by atoms with E-state index in [1.54, 1.807) is 14.2 Å². The minimum absolute atomic E-state index is 0. The molecule has 0 aliphatic carbocycles. The van der Waals surface area contributed by atoms with Crippen molar-refractivity contribution in [1.29, 1.82) is 0 Å². The lowest BCUT2D eigenvalue weighted by Crippen LogP contribution is -1.97. The first-order valence-electron chi connectivity index (χ1n) is 7.32. The summed E-state index contributed by atoms with van der Waals surface area (Å²) in [4.78, 5) is 7.73. The summed E-state index contributed by atoms with van der Waals surface area (Å²) >= 11 is 0. The van der Waals surface area contributed by atoms with Crippen LogP contribution in [0, 0.1) is 0 Å². The van der Waals surface area contributed by atoms with Gasteiger partial charge in [-0.25, -0.2) is 4.98 Å². The number of aromatic nitrogens is 2. The molecule has 3 N–H and O–H groups in total. The highest BCUT2D eigenvalue weighted by atomic mass is 35.5. The fourth-order valence-electron chi connectivity index (χ4n) is 2.48. The van der Waals surface area contributed by atoms with Gasteiger partial charge in [0.25, 0.3) is 0 Å². The van der Waals surface area contributed by atoms with E-state index < -0.39 is 0 Å². The quantitative estimate of drug-likeness (QED) is 0.739. The Labute approximate surface area is 147 Å². The van der Waals surface area contributed by atoms with E-state index in [0.29, 0.717) is 12.2 Å². The second kappa shape index (κ2) is 7.75. The molecule has 0 spiro atoms. The maximum atomic E-state index is 6.07. The number of methoxy groups -OCH3 is 2. The van der Waals surface area contributed by atoms with Gasteiger partial charge in [-0.3, -0.25) is 0 Å². The van der Waals surface area contributed by atoms with Gasteiger partial charge in [-0.15, -0.1) is 12.4 Å². The predicted molar refractivity (Wildman–Crippen MR) is 98.0 cm³/mol. The van der Waals surface area contributed by atoms with E-state index in [-0.39, 0.29) is 12.4 Å². The van der Waals surface area contributed by atoms with Crippen molar-refractivity contribution in [2.24, 2.45) is 0 Å². The van der Waals surface area contributed by atoms with Gasteiger partial charge >= 0.3 is 0 Å². The van der Waals surface area contributed by atoms with Crippen LogP contribution < -0.4 is 15.2 Å². The van der Waals surface area contributed by atoms with Gasteiger partial charge in [-0.1, -0.05) is 18.2 Å². The number of nitrogens with two attached hydrogens (primary N) is 1. The molecule has 0 unspecified atom stereocenters. The van der Waals surface area contributed by atoms with Crippen LogP contribution >= 0.6 is 12.4 Å². The van der Waals surface area contributed by atoms with Gasteiger partial charge in [0.1, 0.15) is 23.1 Å². The van der Waals surface area contributed by atoms with Crippen molar-refractivity contribution in [1.82, 2.24) is 9.97 Å². The molecule has 0 bridgehead atoms. The number of anilines is 1. The topological polar surface area (TPSA) is 73.2 Å². The number of hydrogen-bond donors (Lipinski definition) is 2. The zero-order valence-corrected chi connectivity index (χ0v) is 14.4. The van der Waals surface area contributed by atoms with E-state index >= 15 is 0 Å². The summed E-state index contributed by atoms with van der Waals surface area (Å²) in [5.41, 5.74) is 8.97. The molecule has 0 saturated heterocycles. The average molecular weight is 346 g/mol. The molecule has 0 aliphatic heterocycles. The second-order valence-electron chi connectivity index (χ2n) is 5.17. The van der Waals surface area contributed by atoms with Crippen LogP contribution in [0.25, 0.3) is 11.4 Å².